The van der Waals surface area contributed by atoms with Crippen molar-refractivity contribution in [1.29, 1.82) is 0 Å². The Balaban J connectivity index is 2.57. The largest absolute Gasteiger partial charge is 0.493 e. The van der Waals surface area contributed by atoms with Crippen molar-refractivity contribution in [3.05, 3.63) is 64.2 Å². The zero-order valence-electron chi connectivity index (χ0n) is 18.0. The number of rotatable bonds is 12. The number of benzene rings is 2. The van der Waals surface area contributed by atoms with Gasteiger partial charge in [0.15, 0.2) is 0 Å². The van der Waals surface area contributed by atoms with Crippen LogP contribution in [-0.2, 0) is 18.5 Å². The molecule has 2 aromatic carbocycles. The summed E-state index contributed by atoms with van der Waals surface area (Å²) in [5.74, 6) is -0.207. The summed E-state index contributed by atoms with van der Waals surface area (Å²) < 4.78 is 6.00. The standard InChI is InChI=1S/C24H34N2O4/c1-3-24(4-2,18-10-11-19(23(28)29)17(14-18)15-25)21-8-7-9-22(20(21)16-26)30-13-6-5-12-27/h7-11,14,27H,3-6,12-13,15-16,25-26H2,1-2H3,(H,28,29). The van der Waals surface area contributed by atoms with Crippen molar-refractivity contribution in [3.8, 4) is 5.75 Å². The summed E-state index contributed by atoms with van der Waals surface area (Å²) >= 11 is 0. The van der Waals surface area contributed by atoms with Gasteiger partial charge < -0.3 is 26.4 Å². The molecule has 0 aliphatic carbocycles. The lowest BCUT2D eigenvalue weighted by molar-refractivity contribution is 0.0695. The second-order valence-corrected chi connectivity index (χ2v) is 7.44. The van der Waals surface area contributed by atoms with Crippen LogP contribution in [0.15, 0.2) is 36.4 Å². The van der Waals surface area contributed by atoms with Crippen LogP contribution in [0.2, 0.25) is 0 Å². The van der Waals surface area contributed by atoms with E-state index < -0.39 is 5.97 Å². The lowest BCUT2D eigenvalue weighted by Crippen LogP contribution is -2.29. The van der Waals surface area contributed by atoms with Crippen molar-refractivity contribution < 1.29 is 19.7 Å². The van der Waals surface area contributed by atoms with Gasteiger partial charge in [-0.25, -0.2) is 4.79 Å². The molecule has 0 radical (unpaired) electrons. The normalized spacial score (nSPS) is 11.5. The summed E-state index contributed by atoms with van der Waals surface area (Å²) in [6.45, 7) is 5.43. The lowest BCUT2D eigenvalue weighted by atomic mass is 9.68. The second kappa shape index (κ2) is 11.1. The number of carboxylic acids is 1. The summed E-state index contributed by atoms with van der Waals surface area (Å²) in [7, 11) is 0. The Morgan fingerprint density at radius 3 is 2.37 bits per heavy atom. The number of carbonyl (C=O) groups is 1. The van der Waals surface area contributed by atoms with Crippen LogP contribution in [0.1, 0.15) is 72.1 Å². The van der Waals surface area contributed by atoms with Crippen molar-refractivity contribution >= 4 is 5.97 Å². The van der Waals surface area contributed by atoms with Crippen LogP contribution in [0.4, 0.5) is 0 Å². The number of aliphatic hydroxyl groups excluding tert-OH is 1. The van der Waals surface area contributed by atoms with Gasteiger partial charge in [-0.2, -0.15) is 0 Å². The fourth-order valence-corrected chi connectivity index (χ4v) is 4.22. The second-order valence-electron chi connectivity index (χ2n) is 7.44. The molecular formula is C24H34N2O4. The Morgan fingerprint density at radius 2 is 1.80 bits per heavy atom. The average Bonchev–Trinajstić information content (AvgIpc) is 2.77. The highest BCUT2D eigenvalue weighted by molar-refractivity contribution is 5.89. The molecule has 0 fully saturated rings. The van der Waals surface area contributed by atoms with Crippen molar-refractivity contribution in [2.24, 2.45) is 11.5 Å². The third kappa shape index (κ3) is 4.83. The summed E-state index contributed by atoms with van der Waals surface area (Å²) in [6, 6.07) is 11.5. The summed E-state index contributed by atoms with van der Waals surface area (Å²) in [5, 5.41) is 18.4. The smallest absolute Gasteiger partial charge is 0.336 e. The van der Waals surface area contributed by atoms with Gasteiger partial charge in [0.05, 0.1) is 12.2 Å². The lowest BCUT2D eigenvalue weighted by Gasteiger charge is -2.36. The van der Waals surface area contributed by atoms with Gasteiger partial charge in [-0.05, 0) is 54.5 Å². The van der Waals surface area contributed by atoms with Gasteiger partial charge >= 0.3 is 5.97 Å². The molecule has 0 unspecified atom stereocenters. The first-order valence-electron chi connectivity index (χ1n) is 10.6. The maximum Gasteiger partial charge on any atom is 0.336 e. The van der Waals surface area contributed by atoms with Crippen LogP contribution in [0.25, 0.3) is 0 Å². The minimum absolute atomic E-state index is 0.151. The van der Waals surface area contributed by atoms with Crippen molar-refractivity contribution in [2.75, 3.05) is 13.2 Å². The highest BCUT2D eigenvalue weighted by Gasteiger charge is 2.34. The molecule has 6 heteroatoms. The van der Waals surface area contributed by atoms with Gasteiger partial charge in [0.1, 0.15) is 5.75 Å². The first kappa shape index (κ1) is 23.9. The third-order valence-electron chi connectivity index (χ3n) is 5.98. The van der Waals surface area contributed by atoms with E-state index in [2.05, 4.69) is 19.9 Å². The zero-order valence-corrected chi connectivity index (χ0v) is 18.0. The molecule has 0 saturated carbocycles. The minimum atomic E-state index is -0.971. The van der Waals surface area contributed by atoms with E-state index in [0.717, 1.165) is 41.7 Å². The molecule has 2 aromatic rings. The zero-order chi connectivity index (χ0) is 22.1. The van der Waals surface area contributed by atoms with Crippen molar-refractivity contribution in [3.63, 3.8) is 0 Å². The van der Waals surface area contributed by atoms with E-state index in [1.54, 1.807) is 6.07 Å². The summed E-state index contributed by atoms with van der Waals surface area (Å²) in [4.78, 5) is 11.5. The summed E-state index contributed by atoms with van der Waals surface area (Å²) in [6.07, 6.45) is 3.11. The number of aromatic carboxylic acids is 1. The van der Waals surface area contributed by atoms with Gasteiger partial charge in [0, 0.05) is 30.7 Å². The molecule has 0 aliphatic rings. The molecule has 164 valence electrons. The van der Waals surface area contributed by atoms with Gasteiger partial charge in [-0.3, -0.25) is 0 Å². The maximum absolute atomic E-state index is 11.5. The average molecular weight is 415 g/mol. The molecule has 6 N–H and O–H groups in total. The number of aliphatic hydroxyl groups is 1. The van der Waals surface area contributed by atoms with Gasteiger partial charge in [-0.15, -0.1) is 0 Å². The van der Waals surface area contributed by atoms with Gasteiger partial charge in [0.2, 0.25) is 0 Å². The van der Waals surface area contributed by atoms with Crippen LogP contribution in [-0.4, -0.2) is 29.4 Å². The highest BCUT2D eigenvalue weighted by Crippen LogP contribution is 2.43. The van der Waals surface area contributed by atoms with E-state index in [1.807, 2.05) is 24.3 Å². The summed E-state index contributed by atoms with van der Waals surface area (Å²) in [5.41, 5.74) is 15.6. The monoisotopic (exact) mass is 414 g/mol. The molecule has 6 nitrogen and oxygen atoms in total. The molecule has 0 bridgehead atoms. The molecule has 0 spiro atoms. The molecule has 0 heterocycles. The van der Waals surface area contributed by atoms with Crippen LogP contribution in [0, 0.1) is 0 Å². The Kier molecular flexibility index (Phi) is 8.84. The molecule has 0 amide bonds. The molecule has 0 saturated heterocycles. The first-order chi connectivity index (χ1) is 14.5. The number of unbranched alkanes of at least 4 members (excludes halogenated alkanes) is 1. The van der Waals surface area contributed by atoms with Crippen LogP contribution >= 0.6 is 0 Å². The van der Waals surface area contributed by atoms with E-state index in [9.17, 15) is 9.90 Å². The van der Waals surface area contributed by atoms with E-state index >= 15 is 0 Å². The van der Waals surface area contributed by atoms with Crippen LogP contribution in [0.3, 0.4) is 0 Å². The predicted molar refractivity (Wildman–Crippen MR) is 119 cm³/mol. The Hall–Kier alpha value is -2.41. The van der Waals surface area contributed by atoms with E-state index in [4.69, 9.17) is 21.3 Å². The number of hydrogen-bond donors (Lipinski definition) is 4. The molecular weight excluding hydrogens is 380 g/mol. The molecule has 30 heavy (non-hydrogen) atoms. The SMILES string of the molecule is CCC(CC)(c1ccc(C(=O)O)c(CN)c1)c1cccc(OCCCCO)c1CN. The molecule has 2 rings (SSSR count). The quantitative estimate of drug-likeness (QED) is 0.394. The Labute approximate surface area is 178 Å². The minimum Gasteiger partial charge on any atom is -0.493 e. The van der Waals surface area contributed by atoms with E-state index in [1.165, 1.54) is 0 Å². The number of carboxylic acid groups (broad SMARTS) is 1. The third-order valence-corrected chi connectivity index (χ3v) is 5.98. The predicted octanol–water partition coefficient (Wildman–Crippen LogP) is 3.56. The Morgan fingerprint density at radius 1 is 1.07 bits per heavy atom. The molecule has 0 aliphatic heterocycles. The number of hydrogen-bond acceptors (Lipinski definition) is 5. The van der Waals surface area contributed by atoms with Crippen molar-refractivity contribution in [2.45, 2.75) is 58.0 Å². The van der Waals surface area contributed by atoms with Gasteiger partial charge in [0.25, 0.3) is 0 Å². The fraction of sp³-hybridized carbons (Fsp3) is 0.458. The number of nitrogens with two attached hydrogens (primary N) is 2. The maximum atomic E-state index is 11.5. The van der Waals surface area contributed by atoms with Crippen LogP contribution in [0.5, 0.6) is 5.75 Å². The van der Waals surface area contributed by atoms with E-state index in [-0.39, 0.29) is 24.1 Å². The molecule has 0 aromatic heterocycles. The van der Waals surface area contributed by atoms with Crippen molar-refractivity contribution in [1.82, 2.24) is 0 Å². The fourth-order valence-electron chi connectivity index (χ4n) is 4.22. The van der Waals surface area contributed by atoms with Gasteiger partial charge in [-0.1, -0.05) is 38.1 Å². The van der Waals surface area contributed by atoms with E-state index in [0.29, 0.717) is 25.1 Å². The first-order valence-corrected chi connectivity index (χ1v) is 10.6. The van der Waals surface area contributed by atoms with Crippen LogP contribution < -0.4 is 16.2 Å². The topological polar surface area (TPSA) is 119 Å². The Bertz CT molecular complexity index is 847. The molecule has 0 atom stereocenters. The highest BCUT2D eigenvalue weighted by atomic mass is 16.5. The number of ether oxygens (including phenoxy) is 1.